The van der Waals surface area contributed by atoms with Gasteiger partial charge in [-0.1, -0.05) is 30.3 Å². The second-order valence-corrected chi connectivity index (χ2v) is 6.00. The number of ether oxygens (including phenoxy) is 2. The average molecular weight is 320 g/mol. The first-order valence-corrected chi connectivity index (χ1v) is 8.46. The Morgan fingerprint density at radius 1 is 1.43 bits per heavy atom. The Morgan fingerprint density at radius 3 is 2.87 bits per heavy atom. The van der Waals surface area contributed by atoms with E-state index in [4.69, 9.17) is 15.2 Å². The van der Waals surface area contributed by atoms with Crippen molar-refractivity contribution >= 4 is 5.91 Å². The number of rotatable bonds is 9. The van der Waals surface area contributed by atoms with Crippen LogP contribution in [0.2, 0.25) is 0 Å². The van der Waals surface area contributed by atoms with Crippen LogP contribution in [0.25, 0.3) is 0 Å². The largest absolute Gasteiger partial charge is 0.376 e. The van der Waals surface area contributed by atoms with Crippen LogP contribution < -0.4 is 5.73 Å². The highest BCUT2D eigenvalue weighted by Crippen LogP contribution is 2.14. The van der Waals surface area contributed by atoms with Gasteiger partial charge < -0.3 is 20.1 Å². The van der Waals surface area contributed by atoms with Gasteiger partial charge in [-0.3, -0.25) is 4.79 Å². The van der Waals surface area contributed by atoms with Crippen LogP contribution in [0.3, 0.4) is 0 Å². The van der Waals surface area contributed by atoms with E-state index in [9.17, 15) is 4.79 Å². The lowest BCUT2D eigenvalue weighted by molar-refractivity contribution is -0.145. The van der Waals surface area contributed by atoms with E-state index in [0.29, 0.717) is 26.2 Å². The highest BCUT2D eigenvalue weighted by Gasteiger charge is 2.23. The summed E-state index contributed by atoms with van der Waals surface area (Å²) in [7, 11) is 0. The van der Waals surface area contributed by atoms with Gasteiger partial charge in [-0.15, -0.1) is 0 Å². The molecule has 23 heavy (non-hydrogen) atoms. The van der Waals surface area contributed by atoms with Gasteiger partial charge in [0.25, 0.3) is 5.91 Å². The van der Waals surface area contributed by atoms with Gasteiger partial charge in [0.15, 0.2) is 0 Å². The molecule has 1 aromatic carbocycles. The highest BCUT2D eigenvalue weighted by atomic mass is 16.5. The maximum atomic E-state index is 12.7. The molecule has 2 atom stereocenters. The summed E-state index contributed by atoms with van der Waals surface area (Å²) in [6.45, 7) is 4.92. The molecule has 1 aliphatic heterocycles. The summed E-state index contributed by atoms with van der Waals surface area (Å²) in [5.41, 5.74) is 6.72. The first-order valence-electron chi connectivity index (χ1n) is 8.46. The number of benzene rings is 1. The summed E-state index contributed by atoms with van der Waals surface area (Å²) < 4.78 is 11.3. The lowest BCUT2D eigenvalue weighted by atomic mass is 10.2. The Kier molecular flexibility index (Phi) is 7.52. The molecule has 0 aliphatic carbocycles. The normalized spacial score (nSPS) is 18.8. The standard InChI is InChI=1S/C18H28N2O3/c1-15(23-14-17-9-5-12-22-17)18(21)20(11-6-10-19)13-16-7-3-2-4-8-16/h2-4,7-8,15,17H,5-6,9-14,19H2,1H3. The molecule has 5 nitrogen and oxygen atoms in total. The number of hydrogen-bond donors (Lipinski definition) is 1. The number of hydrogen-bond acceptors (Lipinski definition) is 4. The van der Waals surface area contributed by atoms with Crippen LogP contribution >= 0.6 is 0 Å². The summed E-state index contributed by atoms with van der Waals surface area (Å²) in [5.74, 6) is 0.0142. The molecule has 1 saturated heterocycles. The zero-order chi connectivity index (χ0) is 16.5. The second-order valence-electron chi connectivity index (χ2n) is 6.00. The summed E-state index contributed by atoms with van der Waals surface area (Å²) in [4.78, 5) is 14.5. The molecule has 0 bridgehead atoms. The molecule has 0 aromatic heterocycles. The molecule has 1 aromatic rings. The predicted molar refractivity (Wildman–Crippen MR) is 89.9 cm³/mol. The van der Waals surface area contributed by atoms with E-state index in [2.05, 4.69) is 0 Å². The van der Waals surface area contributed by atoms with Crippen LogP contribution in [0.4, 0.5) is 0 Å². The van der Waals surface area contributed by atoms with Crippen LogP contribution in [-0.2, 0) is 20.8 Å². The monoisotopic (exact) mass is 320 g/mol. The minimum absolute atomic E-state index is 0.0142. The maximum Gasteiger partial charge on any atom is 0.251 e. The zero-order valence-corrected chi connectivity index (χ0v) is 13.9. The SMILES string of the molecule is CC(OCC1CCCO1)C(=O)N(CCCN)Cc1ccccc1. The fourth-order valence-corrected chi connectivity index (χ4v) is 2.71. The topological polar surface area (TPSA) is 64.8 Å². The fraction of sp³-hybridized carbons (Fsp3) is 0.611. The average Bonchev–Trinajstić information content (AvgIpc) is 3.10. The molecule has 2 unspecified atom stereocenters. The van der Waals surface area contributed by atoms with Crippen molar-refractivity contribution < 1.29 is 14.3 Å². The molecule has 5 heteroatoms. The minimum Gasteiger partial charge on any atom is -0.376 e. The maximum absolute atomic E-state index is 12.7. The lowest BCUT2D eigenvalue weighted by Gasteiger charge is -2.26. The Labute approximate surface area is 138 Å². The molecule has 1 amide bonds. The summed E-state index contributed by atoms with van der Waals surface area (Å²) in [6.07, 6.45) is 2.56. The van der Waals surface area contributed by atoms with Crippen molar-refractivity contribution in [1.29, 1.82) is 0 Å². The number of nitrogens with two attached hydrogens (primary N) is 1. The first-order chi connectivity index (χ1) is 11.2. The van der Waals surface area contributed by atoms with Crippen molar-refractivity contribution in [3.63, 3.8) is 0 Å². The van der Waals surface area contributed by atoms with E-state index in [1.165, 1.54) is 0 Å². The van der Waals surface area contributed by atoms with Crippen LogP contribution in [0.15, 0.2) is 30.3 Å². The highest BCUT2D eigenvalue weighted by molar-refractivity contribution is 5.80. The summed E-state index contributed by atoms with van der Waals surface area (Å²) >= 11 is 0. The van der Waals surface area contributed by atoms with Gasteiger partial charge in [-0.2, -0.15) is 0 Å². The van der Waals surface area contributed by atoms with Crippen LogP contribution in [0.1, 0.15) is 31.7 Å². The van der Waals surface area contributed by atoms with Gasteiger partial charge in [0, 0.05) is 19.7 Å². The van der Waals surface area contributed by atoms with Crippen molar-refractivity contribution in [3.8, 4) is 0 Å². The minimum atomic E-state index is -0.458. The second kappa shape index (κ2) is 9.65. The van der Waals surface area contributed by atoms with Crippen molar-refractivity contribution in [2.24, 2.45) is 5.73 Å². The Bertz CT molecular complexity index is 461. The van der Waals surface area contributed by atoms with E-state index in [1.54, 1.807) is 0 Å². The molecule has 2 rings (SSSR count). The third kappa shape index (κ3) is 5.94. The molecule has 2 N–H and O–H groups in total. The van der Waals surface area contributed by atoms with Gasteiger partial charge in [0.2, 0.25) is 0 Å². The van der Waals surface area contributed by atoms with Gasteiger partial charge in [-0.25, -0.2) is 0 Å². The smallest absolute Gasteiger partial charge is 0.251 e. The third-order valence-corrected chi connectivity index (χ3v) is 4.06. The van der Waals surface area contributed by atoms with Gasteiger partial charge in [0.1, 0.15) is 6.10 Å². The number of amides is 1. The Balaban J connectivity index is 1.88. The number of carbonyl (C=O) groups is 1. The Morgan fingerprint density at radius 2 is 2.22 bits per heavy atom. The third-order valence-electron chi connectivity index (χ3n) is 4.06. The molecular weight excluding hydrogens is 292 g/mol. The van der Waals surface area contributed by atoms with E-state index in [1.807, 2.05) is 42.2 Å². The fourth-order valence-electron chi connectivity index (χ4n) is 2.71. The quantitative estimate of drug-likeness (QED) is 0.755. The van der Waals surface area contributed by atoms with Crippen LogP contribution in [-0.4, -0.2) is 49.3 Å². The van der Waals surface area contributed by atoms with E-state index >= 15 is 0 Å². The molecule has 0 radical (unpaired) electrons. The first kappa shape index (κ1) is 17.9. The van der Waals surface area contributed by atoms with Crippen molar-refractivity contribution in [2.45, 2.75) is 44.9 Å². The molecular formula is C18H28N2O3. The molecule has 1 aliphatic rings. The molecule has 1 heterocycles. The van der Waals surface area contributed by atoms with Crippen LogP contribution in [0, 0.1) is 0 Å². The molecule has 0 saturated carbocycles. The van der Waals surface area contributed by atoms with E-state index in [-0.39, 0.29) is 12.0 Å². The number of carbonyl (C=O) groups excluding carboxylic acids is 1. The summed E-state index contributed by atoms with van der Waals surface area (Å²) in [5, 5.41) is 0. The van der Waals surface area contributed by atoms with Crippen LogP contribution in [0.5, 0.6) is 0 Å². The van der Waals surface area contributed by atoms with Crippen molar-refractivity contribution in [3.05, 3.63) is 35.9 Å². The molecule has 0 spiro atoms. The predicted octanol–water partition coefficient (Wildman–Crippen LogP) is 1.95. The molecule has 1 fully saturated rings. The molecule has 128 valence electrons. The Hall–Kier alpha value is -1.43. The summed E-state index contributed by atoms with van der Waals surface area (Å²) in [6, 6.07) is 10.0. The number of nitrogens with zero attached hydrogens (tertiary/aromatic N) is 1. The van der Waals surface area contributed by atoms with E-state index in [0.717, 1.165) is 31.4 Å². The van der Waals surface area contributed by atoms with Crippen molar-refractivity contribution in [1.82, 2.24) is 4.90 Å². The van der Waals surface area contributed by atoms with Crippen molar-refractivity contribution in [2.75, 3.05) is 26.3 Å². The van der Waals surface area contributed by atoms with Gasteiger partial charge in [-0.05, 0) is 38.3 Å². The zero-order valence-electron chi connectivity index (χ0n) is 13.9. The lowest BCUT2D eigenvalue weighted by Crippen LogP contribution is -2.40. The van der Waals surface area contributed by atoms with E-state index < -0.39 is 6.10 Å². The van der Waals surface area contributed by atoms with Gasteiger partial charge >= 0.3 is 0 Å². The van der Waals surface area contributed by atoms with Gasteiger partial charge in [0.05, 0.1) is 12.7 Å².